The van der Waals surface area contributed by atoms with Crippen molar-refractivity contribution in [2.75, 3.05) is 31.3 Å². The van der Waals surface area contributed by atoms with Crippen molar-refractivity contribution in [1.82, 2.24) is 0 Å². The first-order valence-corrected chi connectivity index (χ1v) is 10.8. The Morgan fingerprint density at radius 1 is 0.879 bits per heavy atom. The zero-order valence-corrected chi connectivity index (χ0v) is 17.5. The Morgan fingerprint density at radius 2 is 1.61 bits per heavy atom. The van der Waals surface area contributed by atoms with Gasteiger partial charge in [0.15, 0.2) is 17.8 Å². The van der Waals surface area contributed by atoms with Gasteiger partial charge in [0.2, 0.25) is 5.91 Å². The van der Waals surface area contributed by atoms with Gasteiger partial charge in [-0.2, -0.15) is 0 Å². The lowest BCUT2D eigenvalue weighted by atomic mass is 9.77. The van der Waals surface area contributed by atoms with E-state index in [2.05, 4.69) is 0 Å². The van der Waals surface area contributed by atoms with E-state index in [1.165, 1.54) is 4.90 Å². The van der Waals surface area contributed by atoms with Gasteiger partial charge in [0.1, 0.15) is 55.4 Å². The molecule has 0 saturated carbocycles. The quantitative estimate of drug-likeness (QED) is 0.460. The highest BCUT2D eigenvalue weighted by Crippen LogP contribution is 2.54. The Kier molecular flexibility index (Phi) is 4.58. The molecule has 4 N–H and O–H groups in total. The van der Waals surface area contributed by atoms with Crippen molar-refractivity contribution < 1.29 is 44.2 Å². The van der Waals surface area contributed by atoms with Crippen LogP contribution in [0.5, 0.6) is 17.2 Å². The Balaban J connectivity index is 1.41. The van der Waals surface area contributed by atoms with E-state index in [0.717, 1.165) is 5.56 Å². The van der Waals surface area contributed by atoms with Gasteiger partial charge in [0.25, 0.3) is 0 Å². The van der Waals surface area contributed by atoms with Gasteiger partial charge in [-0.25, -0.2) is 0 Å². The van der Waals surface area contributed by atoms with Crippen LogP contribution < -0.4 is 19.1 Å². The molecule has 1 saturated heterocycles. The first kappa shape index (κ1) is 20.7. The van der Waals surface area contributed by atoms with E-state index in [4.69, 9.17) is 18.9 Å². The van der Waals surface area contributed by atoms with Crippen LogP contribution in [0.4, 0.5) is 5.69 Å². The van der Waals surface area contributed by atoms with E-state index in [1.807, 2.05) is 12.1 Å². The second kappa shape index (κ2) is 7.31. The fourth-order valence-electron chi connectivity index (χ4n) is 5.15. The summed E-state index contributed by atoms with van der Waals surface area (Å²) >= 11 is 0. The zero-order valence-electron chi connectivity index (χ0n) is 17.5. The van der Waals surface area contributed by atoms with Crippen LogP contribution in [0, 0.1) is 0 Å². The summed E-state index contributed by atoms with van der Waals surface area (Å²) < 4.78 is 22.7. The molecule has 33 heavy (non-hydrogen) atoms. The molecule has 0 bridgehead atoms. The lowest BCUT2D eigenvalue weighted by Gasteiger charge is -2.39. The monoisotopic (exact) mass is 457 g/mol. The average Bonchev–Trinajstić information content (AvgIpc) is 3.31. The van der Waals surface area contributed by atoms with Gasteiger partial charge >= 0.3 is 0 Å². The normalized spacial score (nSPS) is 34.2. The molecule has 4 heterocycles. The summed E-state index contributed by atoms with van der Waals surface area (Å²) in [6.45, 7) is 0.779. The van der Waals surface area contributed by atoms with Crippen LogP contribution in [0.15, 0.2) is 36.4 Å². The standard InChI is InChI=1S/C23H23NO9/c25-18-17(33-21(28)20(27)19(18)26)9-24-13-4-2-1-3-11(13)23(22(24)29)10-32-14-8-16-15(7-12(14)23)30-5-6-31-16/h1-4,7-8,17-21,25-28H,5-6,9-10H2/t17?,18-,19-,20+,21?,23?/m0/s1. The van der Waals surface area contributed by atoms with E-state index >= 15 is 0 Å². The molecule has 0 aromatic heterocycles. The molecule has 6 rings (SSSR count). The Hall–Kier alpha value is -2.89. The Morgan fingerprint density at radius 3 is 2.39 bits per heavy atom. The number of carbonyl (C=O) groups is 1. The number of hydrogen-bond acceptors (Lipinski definition) is 9. The van der Waals surface area contributed by atoms with Crippen molar-refractivity contribution in [2.45, 2.75) is 36.1 Å². The summed E-state index contributed by atoms with van der Waals surface area (Å²) in [4.78, 5) is 15.5. The minimum Gasteiger partial charge on any atom is -0.491 e. The summed E-state index contributed by atoms with van der Waals surface area (Å²) in [5, 5.41) is 40.2. The SMILES string of the molecule is O=C1N(CC2OC(O)[C@H](O)[C@@H](O)[C@H]2O)c2ccccc2C12COc1cc3c(cc12)OCCO3. The van der Waals surface area contributed by atoms with E-state index in [9.17, 15) is 25.2 Å². The summed E-state index contributed by atoms with van der Waals surface area (Å²) in [6.07, 6.45) is -7.56. The second-order valence-corrected chi connectivity index (χ2v) is 8.66. The molecule has 4 aliphatic heterocycles. The molecule has 10 nitrogen and oxygen atoms in total. The zero-order chi connectivity index (χ0) is 22.9. The molecule has 1 spiro atoms. The fraction of sp³-hybridized carbons (Fsp3) is 0.435. The molecule has 0 aliphatic carbocycles. The van der Waals surface area contributed by atoms with Gasteiger partial charge in [0.05, 0.1) is 6.54 Å². The first-order chi connectivity index (χ1) is 15.9. The van der Waals surface area contributed by atoms with Crippen LogP contribution in [-0.2, 0) is 14.9 Å². The molecule has 4 aliphatic rings. The number of anilines is 1. The highest BCUT2D eigenvalue weighted by Gasteiger charge is 2.58. The van der Waals surface area contributed by atoms with Gasteiger partial charge in [0, 0.05) is 17.3 Å². The van der Waals surface area contributed by atoms with E-state index in [-0.39, 0.29) is 19.1 Å². The van der Waals surface area contributed by atoms with Gasteiger partial charge < -0.3 is 44.3 Å². The number of aliphatic hydroxyl groups is 4. The molecule has 2 aromatic carbocycles. The van der Waals surface area contributed by atoms with Crippen LogP contribution in [0.2, 0.25) is 0 Å². The maximum Gasteiger partial charge on any atom is 0.245 e. The predicted octanol–water partition coefficient (Wildman–Crippen LogP) is -0.717. The number of carbonyl (C=O) groups excluding carboxylic acids is 1. The van der Waals surface area contributed by atoms with Crippen molar-refractivity contribution in [3.63, 3.8) is 0 Å². The first-order valence-electron chi connectivity index (χ1n) is 10.8. The van der Waals surface area contributed by atoms with Crippen molar-refractivity contribution >= 4 is 11.6 Å². The van der Waals surface area contributed by atoms with E-state index < -0.39 is 36.1 Å². The average molecular weight is 457 g/mol. The molecule has 174 valence electrons. The minimum absolute atomic E-state index is 0.0790. The molecule has 0 radical (unpaired) electrons. The number of para-hydroxylation sites is 1. The van der Waals surface area contributed by atoms with Crippen LogP contribution in [-0.4, -0.2) is 83.4 Å². The summed E-state index contributed by atoms with van der Waals surface area (Å²) in [5.41, 5.74) is 0.877. The molecular weight excluding hydrogens is 434 g/mol. The van der Waals surface area contributed by atoms with Gasteiger partial charge in [-0.05, 0) is 17.7 Å². The third-order valence-corrected chi connectivity index (χ3v) is 6.86. The number of benzene rings is 2. The number of fused-ring (bicyclic) bond motifs is 5. The fourth-order valence-corrected chi connectivity index (χ4v) is 5.15. The smallest absolute Gasteiger partial charge is 0.245 e. The predicted molar refractivity (Wildman–Crippen MR) is 111 cm³/mol. The lowest BCUT2D eigenvalue weighted by molar-refractivity contribution is -0.279. The lowest BCUT2D eigenvalue weighted by Crippen LogP contribution is -2.60. The van der Waals surface area contributed by atoms with Crippen LogP contribution in [0.1, 0.15) is 11.1 Å². The molecule has 10 heteroatoms. The highest BCUT2D eigenvalue weighted by molar-refractivity contribution is 6.11. The molecule has 2 aromatic rings. The third kappa shape index (κ3) is 2.82. The van der Waals surface area contributed by atoms with Gasteiger partial charge in [-0.3, -0.25) is 4.79 Å². The number of amides is 1. The van der Waals surface area contributed by atoms with Gasteiger partial charge in [-0.1, -0.05) is 18.2 Å². The summed E-state index contributed by atoms with van der Waals surface area (Å²) in [5.74, 6) is 1.35. The van der Waals surface area contributed by atoms with Crippen molar-refractivity contribution in [1.29, 1.82) is 0 Å². The topological polar surface area (TPSA) is 138 Å². The molecule has 6 atom stereocenters. The van der Waals surface area contributed by atoms with Crippen LogP contribution in [0.25, 0.3) is 0 Å². The largest absolute Gasteiger partial charge is 0.491 e. The van der Waals surface area contributed by atoms with Crippen molar-refractivity contribution in [3.05, 3.63) is 47.5 Å². The molecule has 3 unspecified atom stereocenters. The summed E-state index contributed by atoms with van der Waals surface area (Å²) in [6, 6.07) is 10.8. The second-order valence-electron chi connectivity index (χ2n) is 8.66. The van der Waals surface area contributed by atoms with E-state index in [1.54, 1.807) is 24.3 Å². The van der Waals surface area contributed by atoms with Crippen molar-refractivity contribution in [2.24, 2.45) is 0 Å². The number of aliphatic hydroxyl groups excluding tert-OH is 4. The molecular formula is C23H23NO9. The summed E-state index contributed by atoms with van der Waals surface area (Å²) in [7, 11) is 0. The Bertz CT molecular complexity index is 1120. The number of ether oxygens (including phenoxy) is 4. The van der Waals surface area contributed by atoms with Crippen molar-refractivity contribution in [3.8, 4) is 17.2 Å². The highest BCUT2D eigenvalue weighted by atomic mass is 16.6. The number of nitrogens with zero attached hydrogens (tertiary/aromatic N) is 1. The maximum atomic E-state index is 14.0. The molecule has 1 fully saturated rings. The minimum atomic E-state index is -1.69. The van der Waals surface area contributed by atoms with Gasteiger partial charge in [-0.15, -0.1) is 0 Å². The molecule has 1 amide bonds. The van der Waals surface area contributed by atoms with Crippen LogP contribution in [0.3, 0.4) is 0 Å². The number of hydrogen-bond donors (Lipinski definition) is 4. The van der Waals surface area contributed by atoms with Crippen LogP contribution >= 0.6 is 0 Å². The maximum absolute atomic E-state index is 14.0. The number of rotatable bonds is 2. The van der Waals surface area contributed by atoms with E-state index in [0.29, 0.717) is 41.7 Å². The third-order valence-electron chi connectivity index (χ3n) is 6.86. The Labute approximate surface area is 188 Å².